The molecule has 3 rings (SSSR count). The Morgan fingerprint density at radius 2 is 2.12 bits per heavy atom. The van der Waals surface area contributed by atoms with E-state index in [2.05, 4.69) is 6.58 Å². The molecular formula is C20H24O4. The number of hydrogen-bond donors (Lipinski definition) is 1. The number of aliphatic hydroxyl groups excluding tert-OH is 1. The third kappa shape index (κ3) is 3.24. The van der Waals surface area contributed by atoms with Crippen LogP contribution in [0.3, 0.4) is 0 Å². The van der Waals surface area contributed by atoms with E-state index in [1.165, 1.54) is 0 Å². The van der Waals surface area contributed by atoms with E-state index < -0.39 is 6.10 Å². The molecule has 0 aliphatic carbocycles. The van der Waals surface area contributed by atoms with Crippen molar-refractivity contribution in [3.8, 4) is 0 Å². The molecule has 0 saturated heterocycles. The zero-order valence-electron chi connectivity index (χ0n) is 14.5. The molecule has 1 aromatic heterocycles. The first kappa shape index (κ1) is 16.8. The summed E-state index contributed by atoms with van der Waals surface area (Å²) in [5, 5.41) is 10.8. The number of carbonyl (C=O) groups excluding carboxylic acids is 1. The lowest BCUT2D eigenvalue weighted by molar-refractivity contribution is -0.139. The predicted molar refractivity (Wildman–Crippen MR) is 92.2 cm³/mol. The molecular weight excluding hydrogens is 304 g/mol. The zero-order chi connectivity index (χ0) is 17.4. The van der Waals surface area contributed by atoms with Gasteiger partial charge in [0.1, 0.15) is 23.7 Å². The highest BCUT2D eigenvalue weighted by atomic mass is 16.5. The Kier molecular flexibility index (Phi) is 4.50. The van der Waals surface area contributed by atoms with E-state index in [1.807, 2.05) is 39.0 Å². The van der Waals surface area contributed by atoms with Crippen LogP contribution in [0, 0.1) is 12.8 Å². The summed E-state index contributed by atoms with van der Waals surface area (Å²) in [5.74, 6) is 0.894. The Labute approximate surface area is 142 Å². The van der Waals surface area contributed by atoms with Gasteiger partial charge in [0.15, 0.2) is 0 Å². The van der Waals surface area contributed by atoms with Gasteiger partial charge in [-0.1, -0.05) is 17.7 Å². The topological polar surface area (TPSA) is 59.7 Å². The number of aliphatic hydroxyl groups is 1. The van der Waals surface area contributed by atoms with E-state index in [1.54, 1.807) is 0 Å². The molecule has 4 nitrogen and oxygen atoms in total. The van der Waals surface area contributed by atoms with Crippen LogP contribution in [0.25, 0.3) is 6.08 Å². The van der Waals surface area contributed by atoms with Crippen LogP contribution in [-0.2, 0) is 9.53 Å². The van der Waals surface area contributed by atoms with Crippen LogP contribution in [0.1, 0.15) is 56.3 Å². The van der Waals surface area contributed by atoms with Crippen LogP contribution in [0.4, 0.5) is 0 Å². The molecule has 0 unspecified atom stereocenters. The largest absolute Gasteiger partial charge is 0.459 e. The van der Waals surface area contributed by atoms with Gasteiger partial charge in [-0.15, -0.1) is 0 Å². The van der Waals surface area contributed by atoms with Gasteiger partial charge in [0, 0.05) is 17.9 Å². The van der Waals surface area contributed by atoms with Crippen molar-refractivity contribution in [3.63, 3.8) is 0 Å². The Morgan fingerprint density at radius 1 is 1.38 bits per heavy atom. The van der Waals surface area contributed by atoms with Gasteiger partial charge < -0.3 is 14.3 Å². The monoisotopic (exact) mass is 328 g/mol. The number of hydrogen-bond acceptors (Lipinski definition) is 4. The van der Waals surface area contributed by atoms with Crippen LogP contribution >= 0.6 is 0 Å². The van der Waals surface area contributed by atoms with Gasteiger partial charge in [-0.3, -0.25) is 0 Å². The molecule has 3 atom stereocenters. The van der Waals surface area contributed by atoms with Crippen molar-refractivity contribution in [2.75, 3.05) is 0 Å². The van der Waals surface area contributed by atoms with Gasteiger partial charge in [0.05, 0.1) is 0 Å². The van der Waals surface area contributed by atoms with Crippen LogP contribution in [0.15, 0.2) is 39.9 Å². The lowest BCUT2D eigenvalue weighted by Gasteiger charge is -2.22. The van der Waals surface area contributed by atoms with Crippen LogP contribution in [-0.4, -0.2) is 17.2 Å². The maximum absolute atomic E-state index is 12.0. The van der Waals surface area contributed by atoms with Gasteiger partial charge in [0.25, 0.3) is 0 Å². The highest BCUT2D eigenvalue weighted by Gasteiger charge is 2.30. The average Bonchev–Trinajstić information content (AvgIpc) is 3.01. The average molecular weight is 328 g/mol. The fourth-order valence-electron chi connectivity index (χ4n) is 3.50. The fraction of sp³-hybridized carbons (Fsp3) is 0.450. The van der Waals surface area contributed by atoms with Gasteiger partial charge in [0.2, 0.25) is 0 Å². The van der Waals surface area contributed by atoms with E-state index in [-0.39, 0.29) is 18.0 Å². The van der Waals surface area contributed by atoms with Crippen molar-refractivity contribution >= 4 is 12.0 Å². The number of esters is 1. The SMILES string of the molecule is C=C(C)[C@H]1CCC2=C[C@H](C/C(C)=C\c3cc(C)c(o3)[C@@H]1O)OC2=O. The molecule has 128 valence electrons. The second-order valence-electron chi connectivity index (χ2n) is 6.96. The van der Waals surface area contributed by atoms with E-state index in [0.717, 1.165) is 16.7 Å². The first-order valence-corrected chi connectivity index (χ1v) is 8.37. The quantitative estimate of drug-likeness (QED) is 0.618. The smallest absolute Gasteiger partial charge is 0.334 e. The standard InChI is InChI=1S/C20H24O4/c1-11(2)17-6-5-14-10-16(24-20(14)22)8-12(3)7-15-9-13(4)19(23-15)18(17)21/h7,9-10,16-18,21H,1,5-6,8H2,2-4H3/b12-7-/t16-,17+,18+/m0/s1. The maximum Gasteiger partial charge on any atom is 0.334 e. The van der Waals surface area contributed by atoms with Crippen LogP contribution in [0.5, 0.6) is 0 Å². The third-order valence-corrected chi connectivity index (χ3v) is 4.80. The van der Waals surface area contributed by atoms with Gasteiger partial charge >= 0.3 is 5.97 Å². The summed E-state index contributed by atoms with van der Waals surface area (Å²) in [6, 6.07) is 1.94. The Hall–Kier alpha value is -2.07. The van der Waals surface area contributed by atoms with E-state index >= 15 is 0 Å². The minimum atomic E-state index is -0.764. The predicted octanol–water partition coefficient (Wildman–Crippen LogP) is 4.25. The van der Waals surface area contributed by atoms with Gasteiger partial charge in [-0.2, -0.15) is 0 Å². The van der Waals surface area contributed by atoms with Gasteiger partial charge in [-0.05, 0) is 57.4 Å². The van der Waals surface area contributed by atoms with Crippen molar-refractivity contribution in [3.05, 3.63) is 52.5 Å². The summed E-state index contributed by atoms with van der Waals surface area (Å²) in [6.07, 6.45) is 4.73. The van der Waals surface area contributed by atoms with E-state index in [0.29, 0.717) is 36.4 Å². The third-order valence-electron chi connectivity index (χ3n) is 4.80. The first-order chi connectivity index (χ1) is 11.3. The van der Waals surface area contributed by atoms with Crippen LogP contribution in [0.2, 0.25) is 0 Å². The fourth-order valence-corrected chi connectivity index (χ4v) is 3.50. The molecule has 4 heteroatoms. The molecule has 24 heavy (non-hydrogen) atoms. The number of aryl methyl sites for hydroxylation is 1. The number of ether oxygens (including phenoxy) is 1. The van der Waals surface area contributed by atoms with Crippen molar-refractivity contribution in [1.29, 1.82) is 0 Å². The number of furan rings is 1. The molecule has 1 aromatic rings. The summed E-state index contributed by atoms with van der Waals surface area (Å²) in [5.41, 5.74) is 3.57. The summed E-state index contributed by atoms with van der Waals surface area (Å²) >= 11 is 0. The molecule has 3 heterocycles. The van der Waals surface area contributed by atoms with Crippen molar-refractivity contribution < 1.29 is 19.1 Å². The molecule has 1 N–H and O–H groups in total. The lowest BCUT2D eigenvalue weighted by atomic mass is 9.87. The Morgan fingerprint density at radius 3 is 2.83 bits per heavy atom. The summed E-state index contributed by atoms with van der Waals surface area (Å²) in [6.45, 7) is 9.84. The molecule has 0 aromatic carbocycles. The molecule has 2 aliphatic rings. The molecule has 0 spiro atoms. The van der Waals surface area contributed by atoms with E-state index in [9.17, 15) is 9.90 Å². The summed E-state index contributed by atoms with van der Waals surface area (Å²) in [7, 11) is 0. The zero-order valence-corrected chi connectivity index (χ0v) is 14.5. The van der Waals surface area contributed by atoms with Crippen molar-refractivity contribution in [2.45, 2.75) is 52.2 Å². The van der Waals surface area contributed by atoms with Crippen molar-refractivity contribution in [1.82, 2.24) is 0 Å². The molecule has 0 fully saturated rings. The second kappa shape index (κ2) is 6.44. The normalized spacial score (nSPS) is 29.5. The molecule has 2 aliphatic heterocycles. The maximum atomic E-state index is 12.0. The summed E-state index contributed by atoms with van der Waals surface area (Å²) in [4.78, 5) is 12.0. The molecule has 0 amide bonds. The van der Waals surface area contributed by atoms with E-state index in [4.69, 9.17) is 9.15 Å². The van der Waals surface area contributed by atoms with Crippen LogP contribution < -0.4 is 0 Å². The van der Waals surface area contributed by atoms with Gasteiger partial charge in [-0.25, -0.2) is 4.79 Å². The molecule has 0 radical (unpaired) electrons. The highest BCUT2D eigenvalue weighted by Crippen LogP contribution is 2.36. The Balaban J connectivity index is 2.02. The number of rotatable bonds is 1. The Bertz CT molecular complexity index is 735. The second-order valence-corrected chi connectivity index (χ2v) is 6.96. The number of carbonyl (C=O) groups is 1. The number of fused-ring (bicyclic) bond motifs is 3. The molecule has 4 bridgehead atoms. The summed E-state index contributed by atoms with van der Waals surface area (Å²) < 4.78 is 11.3. The highest BCUT2D eigenvalue weighted by molar-refractivity contribution is 5.90. The first-order valence-electron chi connectivity index (χ1n) is 8.37. The molecule has 0 saturated carbocycles. The minimum Gasteiger partial charge on any atom is -0.459 e. The minimum absolute atomic E-state index is 0.165. The van der Waals surface area contributed by atoms with Crippen molar-refractivity contribution in [2.24, 2.45) is 5.92 Å². The lowest BCUT2D eigenvalue weighted by Crippen LogP contribution is -2.15.